The topological polar surface area (TPSA) is 84.2 Å². The van der Waals surface area contributed by atoms with Gasteiger partial charge < -0.3 is 9.47 Å². The minimum Gasteiger partial charge on any atom is -0.493 e. The molecule has 1 heterocycles. The van der Waals surface area contributed by atoms with Gasteiger partial charge in [0, 0.05) is 18.0 Å². The molecule has 7 heteroatoms. The van der Waals surface area contributed by atoms with E-state index in [1.807, 2.05) is 49.4 Å². The number of anilines is 1. The molecule has 0 unspecified atom stereocenters. The highest BCUT2D eigenvalue weighted by Crippen LogP contribution is 2.18. The molecule has 3 rings (SSSR count). The summed E-state index contributed by atoms with van der Waals surface area (Å²) in [6, 6.07) is 17.0. The molecular weight excluding hydrogens is 398 g/mol. The Kier molecular flexibility index (Phi) is 7.58. The molecule has 1 N–H and O–H groups in total. The Morgan fingerprint density at radius 3 is 2.63 bits per heavy atom. The number of ether oxygens (including phenoxy) is 2. The van der Waals surface area contributed by atoms with E-state index in [2.05, 4.69) is 10.3 Å². The number of rotatable bonds is 9. The molecule has 0 aliphatic rings. The lowest BCUT2D eigenvalue weighted by Gasteiger charge is -2.10. The van der Waals surface area contributed by atoms with Crippen molar-refractivity contribution in [2.75, 3.05) is 18.5 Å². The third-order valence-electron chi connectivity index (χ3n) is 4.12. The summed E-state index contributed by atoms with van der Waals surface area (Å²) in [4.78, 5) is 16.1. The number of amides is 1. The Morgan fingerprint density at radius 1 is 1.17 bits per heavy atom. The summed E-state index contributed by atoms with van der Waals surface area (Å²) in [6.45, 7) is 3.12. The van der Waals surface area contributed by atoms with Crippen molar-refractivity contribution in [3.05, 3.63) is 76.8 Å². The second kappa shape index (κ2) is 10.8. The maximum atomic E-state index is 12.2. The van der Waals surface area contributed by atoms with Gasteiger partial charge in [-0.15, -0.1) is 11.3 Å². The molecule has 0 fully saturated rings. The number of aryl methyl sites for hydroxylation is 1. The Hall–Kier alpha value is -3.63. The summed E-state index contributed by atoms with van der Waals surface area (Å²) >= 11 is 1.29. The molecule has 1 amide bonds. The number of benzene rings is 2. The number of carbonyl (C=O) groups is 1. The first kappa shape index (κ1) is 21.1. The van der Waals surface area contributed by atoms with Gasteiger partial charge in [-0.05, 0) is 42.3 Å². The Morgan fingerprint density at radius 2 is 1.93 bits per heavy atom. The molecule has 30 heavy (non-hydrogen) atoms. The third-order valence-corrected chi connectivity index (χ3v) is 4.81. The number of nitrogens with one attached hydrogen (secondary N) is 1. The summed E-state index contributed by atoms with van der Waals surface area (Å²) in [5, 5.41) is 14.1. The molecule has 2 aromatic carbocycles. The minimum atomic E-state index is -0.485. The first-order chi connectivity index (χ1) is 14.7. The highest BCUT2D eigenvalue weighted by Gasteiger charge is 2.10. The number of thiazole rings is 1. The lowest BCUT2D eigenvalue weighted by Crippen LogP contribution is -2.13. The Bertz CT molecular complexity index is 1040. The quantitative estimate of drug-likeness (QED) is 0.305. The number of para-hydroxylation sites is 1. The van der Waals surface area contributed by atoms with Crippen LogP contribution in [0.4, 0.5) is 5.13 Å². The van der Waals surface area contributed by atoms with Gasteiger partial charge in [-0.25, -0.2) is 4.98 Å². The molecule has 1 aromatic heterocycles. The van der Waals surface area contributed by atoms with E-state index >= 15 is 0 Å². The molecule has 0 atom stereocenters. The lowest BCUT2D eigenvalue weighted by atomic mass is 10.1. The summed E-state index contributed by atoms with van der Waals surface area (Å²) in [5.41, 5.74) is 1.85. The molecular formula is C23H21N3O3S. The van der Waals surface area contributed by atoms with Crippen molar-refractivity contribution in [3.8, 4) is 17.6 Å². The van der Waals surface area contributed by atoms with Crippen LogP contribution in [0.25, 0.3) is 6.08 Å². The monoisotopic (exact) mass is 419 g/mol. The van der Waals surface area contributed by atoms with Gasteiger partial charge in [0.15, 0.2) is 5.13 Å². The molecule has 152 valence electrons. The van der Waals surface area contributed by atoms with Crippen molar-refractivity contribution in [1.82, 2.24) is 4.98 Å². The van der Waals surface area contributed by atoms with E-state index in [4.69, 9.17) is 9.47 Å². The first-order valence-corrected chi connectivity index (χ1v) is 10.3. The number of aromatic nitrogens is 1. The number of nitriles is 1. The SMILES string of the molecule is Cc1ccccc1OCCCOc1ccc(/C=C(/C#N)C(=O)Nc2nccs2)cc1. The van der Waals surface area contributed by atoms with E-state index in [-0.39, 0.29) is 5.57 Å². The van der Waals surface area contributed by atoms with E-state index in [9.17, 15) is 10.1 Å². The van der Waals surface area contributed by atoms with Gasteiger partial charge in [0.1, 0.15) is 23.1 Å². The normalized spacial score (nSPS) is 10.9. The molecule has 0 aliphatic carbocycles. The standard InChI is InChI=1S/C23H21N3O3S/c1-17-5-2-3-6-21(17)29-13-4-12-28-20-9-7-18(8-10-20)15-19(16-24)22(27)26-23-25-11-14-30-23/h2-3,5-11,14-15H,4,12-13H2,1H3,(H,25,26,27)/b19-15-. The van der Waals surface area contributed by atoms with Gasteiger partial charge >= 0.3 is 0 Å². The fourth-order valence-corrected chi connectivity index (χ4v) is 3.10. The molecule has 0 radical (unpaired) electrons. The van der Waals surface area contributed by atoms with E-state index in [0.29, 0.717) is 24.1 Å². The maximum Gasteiger partial charge on any atom is 0.268 e. The molecule has 0 bridgehead atoms. The van der Waals surface area contributed by atoms with Crippen molar-refractivity contribution >= 4 is 28.5 Å². The van der Waals surface area contributed by atoms with Gasteiger partial charge in [-0.1, -0.05) is 30.3 Å². The van der Waals surface area contributed by atoms with Crippen LogP contribution in [-0.4, -0.2) is 24.1 Å². The number of nitrogens with zero attached hydrogens (tertiary/aromatic N) is 2. The van der Waals surface area contributed by atoms with Crippen molar-refractivity contribution in [3.63, 3.8) is 0 Å². The Labute approximate surface area is 179 Å². The van der Waals surface area contributed by atoms with Gasteiger partial charge in [0.2, 0.25) is 0 Å². The fourth-order valence-electron chi connectivity index (χ4n) is 2.57. The summed E-state index contributed by atoms with van der Waals surface area (Å²) in [7, 11) is 0. The smallest absolute Gasteiger partial charge is 0.268 e. The number of hydrogen-bond acceptors (Lipinski definition) is 6. The fraction of sp³-hybridized carbons (Fsp3) is 0.174. The van der Waals surface area contributed by atoms with Gasteiger partial charge in [0.25, 0.3) is 5.91 Å². The first-order valence-electron chi connectivity index (χ1n) is 9.39. The van der Waals surface area contributed by atoms with E-state index < -0.39 is 5.91 Å². The average Bonchev–Trinajstić information content (AvgIpc) is 3.27. The summed E-state index contributed by atoms with van der Waals surface area (Å²) < 4.78 is 11.5. The van der Waals surface area contributed by atoms with Crippen LogP contribution in [0.1, 0.15) is 17.5 Å². The zero-order valence-electron chi connectivity index (χ0n) is 16.5. The maximum absolute atomic E-state index is 12.2. The number of hydrogen-bond donors (Lipinski definition) is 1. The molecule has 6 nitrogen and oxygen atoms in total. The molecule has 3 aromatic rings. The molecule has 0 saturated carbocycles. The van der Waals surface area contributed by atoms with Crippen LogP contribution in [0.5, 0.6) is 11.5 Å². The summed E-state index contributed by atoms with van der Waals surface area (Å²) in [6.07, 6.45) is 3.87. The lowest BCUT2D eigenvalue weighted by molar-refractivity contribution is -0.112. The molecule has 0 spiro atoms. The molecule has 0 saturated heterocycles. The second-order valence-electron chi connectivity index (χ2n) is 6.35. The predicted molar refractivity (Wildman–Crippen MR) is 118 cm³/mol. The predicted octanol–water partition coefficient (Wildman–Crippen LogP) is 4.85. The van der Waals surface area contributed by atoms with Crippen LogP contribution < -0.4 is 14.8 Å². The van der Waals surface area contributed by atoms with Crippen LogP contribution in [0.3, 0.4) is 0 Å². The van der Waals surface area contributed by atoms with Gasteiger partial charge in [0.05, 0.1) is 13.2 Å². The largest absolute Gasteiger partial charge is 0.493 e. The van der Waals surface area contributed by atoms with Crippen molar-refractivity contribution < 1.29 is 14.3 Å². The highest BCUT2D eigenvalue weighted by atomic mass is 32.1. The zero-order valence-corrected chi connectivity index (χ0v) is 17.3. The van der Waals surface area contributed by atoms with Crippen LogP contribution in [0.2, 0.25) is 0 Å². The van der Waals surface area contributed by atoms with E-state index in [1.54, 1.807) is 23.7 Å². The highest BCUT2D eigenvalue weighted by molar-refractivity contribution is 7.13. The average molecular weight is 420 g/mol. The number of carbonyl (C=O) groups excluding carboxylic acids is 1. The van der Waals surface area contributed by atoms with Gasteiger partial charge in [-0.2, -0.15) is 5.26 Å². The van der Waals surface area contributed by atoms with Gasteiger partial charge in [-0.3, -0.25) is 10.1 Å². The summed E-state index contributed by atoms with van der Waals surface area (Å²) in [5.74, 6) is 1.12. The van der Waals surface area contributed by atoms with Crippen molar-refractivity contribution in [2.45, 2.75) is 13.3 Å². The van der Waals surface area contributed by atoms with E-state index in [1.165, 1.54) is 17.4 Å². The van der Waals surface area contributed by atoms with Crippen LogP contribution in [0, 0.1) is 18.3 Å². The molecule has 0 aliphatic heterocycles. The van der Waals surface area contributed by atoms with Crippen molar-refractivity contribution in [2.24, 2.45) is 0 Å². The second-order valence-corrected chi connectivity index (χ2v) is 7.24. The van der Waals surface area contributed by atoms with Crippen LogP contribution >= 0.6 is 11.3 Å². The van der Waals surface area contributed by atoms with Crippen LogP contribution in [0.15, 0.2) is 65.7 Å². The van der Waals surface area contributed by atoms with Crippen molar-refractivity contribution in [1.29, 1.82) is 5.26 Å². The third kappa shape index (κ3) is 6.19. The van der Waals surface area contributed by atoms with Crippen LogP contribution in [-0.2, 0) is 4.79 Å². The zero-order chi connectivity index (χ0) is 21.2. The minimum absolute atomic E-state index is 0.00669. The Balaban J connectivity index is 1.47. The van der Waals surface area contributed by atoms with E-state index in [0.717, 1.165) is 23.3 Å².